The van der Waals surface area contributed by atoms with Crippen LogP contribution >= 0.6 is 12.4 Å². The van der Waals surface area contributed by atoms with Crippen LogP contribution in [0.5, 0.6) is 11.5 Å². The minimum absolute atomic E-state index is 0. The lowest BCUT2D eigenvalue weighted by Crippen LogP contribution is -2.23. The standard InChI is InChI=1S/C22H24N2O2.ClH/c1-25-20-10-6-17(7-11-20)15-22(18-8-12-21(26-2)13-9-18)24-16-19-5-3-4-14-23-19;/h3-14,22,24H,15-16H2,1-2H3;1H. The molecule has 5 heteroatoms. The summed E-state index contributed by atoms with van der Waals surface area (Å²) in [5.74, 6) is 1.73. The van der Waals surface area contributed by atoms with Crippen LogP contribution in [0.1, 0.15) is 22.9 Å². The Morgan fingerprint density at radius 1 is 0.852 bits per heavy atom. The van der Waals surface area contributed by atoms with Gasteiger partial charge in [-0.25, -0.2) is 0 Å². The van der Waals surface area contributed by atoms with Crippen LogP contribution in [0.25, 0.3) is 0 Å². The number of aromatic nitrogens is 1. The number of benzene rings is 2. The van der Waals surface area contributed by atoms with Crippen LogP contribution in [0.3, 0.4) is 0 Å². The van der Waals surface area contributed by atoms with E-state index in [4.69, 9.17) is 9.47 Å². The fourth-order valence-corrected chi connectivity index (χ4v) is 2.87. The fourth-order valence-electron chi connectivity index (χ4n) is 2.87. The number of rotatable bonds is 8. The van der Waals surface area contributed by atoms with Gasteiger partial charge in [-0.1, -0.05) is 30.3 Å². The van der Waals surface area contributed by atoms with Gasteiger partial charge in [0.2, 0.25) is 0 Å². The molecule has 0 saturated heterocycles. The van der Waals surface area contributed by atoms with Crippen LogP contribution in [0, 0.1) is 0 Å². The van der Waals surface area contributed by atoms with Crippen LogP contribution in [-0.4, -0.2) is 19.2 Å². The average Bonchev–Trinajstić information content (AvgIpc) is 2.72. The van der Waals surface area contributed by atoms with E-state index in [2.05, 4.69) is 34.6 Å². The Bertz CT molecular complexity index is 793. The Hall–Kier alpha value is -2.56. The van der Waals surface area contributed by atoms with Crippen molar-refractivity contribution in [3.63, 3.8) is 0 Å². The van der Waals surface area contributed by atoms with Gasteiger partial charge >= 0.3 is 0 Å². The van der Waals surface area contributed by atoms with Crippen molar-refractivity contribution in [2.45, 2.75) is 19.0 Å². The molecule has 1 N–H and O–H groups in total. The van der Waals surface area contributed by atoms with Crippen LogP contribution in [0.15, 0.2) is 72.9 Å². The van der Waals surface area contributed by atoms with E-state index in [0.29, 0.717) is 6.54 Å². The van der Waals surface area contributed by atoms with E-state index in [0.717, 1.165) is 23.6 Å². The zero-order valence-electron chi connectivity index (χ0n) is 15.6. The summed E-state index contributed by atoms with van der Waals surface area (Å²) >= 11 is 0. The van der Waals surface area contributed by atoms with Gasteiger partial charge in [-0.15, -0.1) is 12.4 Å². The molecule has 0 aliphatic carbocycles. The number of methoxy groups -OCH3 is 2. The normalized spacial score (nSPS) is 11.3. The van der Waals surface area contributed by atoms with E-state index in [-0.39, 0.29) is 18.4 Å². The van der Waals surface area contributed by atoms with Gasteiger partial charge < -0.3 is 14.8 Å². The van der Waals surface area contributed by atoms with E-state index in [1.807, 2.05) is 48.7 Å². The fraction of sp³-hybridized carbons (Fsp3) is 0.227. The second-order valence-electron chi connectivity index (χ2n) is 6.08. The molecule has 0 amide bonds. The average molecular weight is 385 g/mol. The third-order valence-electron chi connectivity index (χ3n) is 4.37. The lowest BCUT2D eigenvalue weighted by Gasteiger charge is -2.20. The highest BCUT2D eigenvalue weighted by Crippen LogP contribution is 2.23. The summed E-state index contributed by atoms with van der Waals surface area (Å²) in [4.78, 5) is 4.40. The first-order chi connectivity index (χ1) is 12.8. The number of nitrogens with zero attached hydrogens (tertiary/aromatic N) is 1. The Morgan fingerprint density at radius 2 is 1.48 bits per heavy atom. The molecule has 0 radical (unpaired) electrons. The molecule has 142 valence electrons. The Morgan fingerprint density at radius 3 is 2.04 bits per heavy atom. The number of halogens is 1. The molecule has 0 fully saturated rings. The number of hydrogen-bond acceptors (Lipinski definition) is 4. The van der Waals surface area contributed by atoms with Crippen LogP contribution in [0.4, 0.5) is 0 Å². The summed E-state index contributed by atoms with van der Waals surface area (Å²) in [6.45, 7) is 0.716. The third kappa shape index (κ3) is 5.98. The van der Waals surface area contributed by atoms with Crippen molar-refractivity contribution in [1.82, 2.24) is 10.3 Å². The molecule has 0 spiro atoms. The molecule has 4 nitrogen and oxygen atoms in total. The van der Waals surface area contributed by atoms with Crippen LogP contribution in [0.2, 0.25) is 0 Å². The Balaban J connectivity index is 0.00000261. The van der Waals surface area contributed by atoms with Crippen molar-refractivity contribution < 1.29 is 9.47 Å². The lowest BCUT2D eigenvalue weighted by molar-refractivity contribution is 0.413. The van der Waals surface area contributed by atoms with Gasteiger partial charge in [-0.2, -0.15) is 0 Å². The minimum Gasteiger partial charge on any atom is -0.497 e. The molecular weight excluding hydrogens is 360 g/mol. The molecule has 2 aromatic carbocycles. The molecule has 0 aliphatic heterocycles. The molecule has 1 atom stereocenters. The second kappa shape index (κ2) is 10.6. The maximum Gasteiger partial charge on any atom is 0.118 e. The summed E-state index contributed by atoms with van der Waals surface area (Å²) in [5.41, 5.74) is 3.50. The molecule has 1 heterocycles. The topological polar surface area (TPSA) is 43.4 Å². The van der Waals surface area contributed by atoms with E-state index in [1.165, 1.54) is 11.1 Å². The van der Waals surface area contributed by atoms with Gasteiger partial charge in [0.15, 0.2) is 0 Å². The van der Waals surface area contributed by atoms with Crippen molar-refractivity contribution in [3.05, 3.63) is 89.7 Å². The van der Waals surface area contributed by atoms with Gasteiger partial charge in [0.1, 0.15) is 11.5 Å². The predicted molar refractivity (Wildman–Crippen MR) is 111 cm³/mol. The summed E-state index contributed by atoms with van der Waals surface area (Å²) in [5, 5.41) is 3.63. The predicted octanol–water partition coefficient (Wildman–Crippen LogP) is 4.59. The molecule has 3 aromatic rings. The van der Waals surface area contributed by atoms with Crippen molar-refractivity contribution in [3.8, 4) is 11.5 Å². The van der Waals surface area contributed by atoms with Gasteiger partial charge in [0, 0.05) is 18.8 Å². The monoisotopic (exact) mass is 384 g/mol. The summed E-state index contributed by atoms with van der Waals surface area (Å²) in [6.07, 6.45) is 2.70. The highest BCUT2D eigenvalue weighted by atomic mass is 35.5. The summed E-state index contributed by atoms with van der Waals surface area (Å²) in [7, 11) is 3.37. The highest BCUT2D eigenvalue weighted by Gasteiger charge is 2.13. The minimum atomic E-state index is 0. The van der Waals surface area contributed by atoms with E-state index in [9.17, 15) is 0 Å². The molecule has 27 heavy (non-hydrogen) atoms. The maximum absolute atomic E-state index is 5.28. The zero-order valence-corrected chi connectivity index (χ0v) is 16.4. The lowest BCUT2D eigenvalue weighted by atomic mass is 9.98. The smallest absolute Gasteiger partial charge is 0.118 e. The number of hydrogen-bond donors (Lipinski definition) is 1. The Labute approximate surface area is 167 Å². The molecule has 0 bridgehead atoms. The Kier molecular flexibility index (Phi) is 8.11. The van der Waals surface area contributed by atoms with Crippen molar-refractivity contribution in [2.24, 2.45) is 0 Å². The van der Waals surface area contributed by atoms with Gasteiger partial charge in [-0.3, -0.25) is 4.98 Å². The number of pyridine rings is 1. The largest absolute Gasteiger partial charge is 0.497 e. The van der Waals surface area contributed by atoms with E-state index in [1.54, 1.807) is 14.2 Å². The van der Waals surface area contributed by atoms with Gasteiger partial charge in [0.25, 0.3) is 0 Å². The maximum atomic E-state index is 5.28. The molecule has 3 rings (SSSR count). The molecule has 0 saturated carbocycles. The first kappa shape index (κ1) is 20.7. The second-order valence-corrected chi connectivity index (χ2v) is 6.08. The molecule has 1 unspecified atom stereocenters. The molecular formula is C22H25ClN2O2. The van der Waals surface area contributed by atoms with Gasteiger partial charge in [-0.05, 0) is 53.9 Å². The van der Waals surface area contributed by atoms with Crippen LogP contribution < -0.4 is 14.8 Å². The first-order valence-corrected chi connectivity index (χ1v) is 8.68. The zero-order chi connectivity index (χ0) is 18.2. The highest BCUT2D eigenvalue weighted by molar-refractivity contribution is 5.85. The summed E-state index contributed by atoms with van der Waals surface area (Å²) in [6, 6.07) is 22.6. The van der Waals surface area contributed by atoms with Crippen LogP contribution in [-0.2, 0) is 13.0 Å². The van der Waals surface area contributed by atoms with Crippen molar-refractivity contribution in [1.29, 1.82) is 0 Å². The van der Waals surface area contributed by atoms with Gasteiger partial charge in [0.05, 0.1) is 19.9 Å². The third-order valence-corrected chi connectivity index (χ3v) is 4.37. The summed E-state index contributed by atoms with van der Waals surface area (Å²) < 4.78 is 10.5. The van der Waals surface area contributed by atoms with Crippen molar-refractivity contribution >= 4 is 12.4 Å². The number of ether oxygens (including phenoxy) is 2. The molecule has 1 aromatic heterocycles. The van der Waals surface area contributed by atoms with Crippen molar-refractivity contribution in [2.75, 3.05) is 14.2 Å². The van der Waals surface area contributed by atoms with E-state index >= 15 is 0 Å². The molecule has 0 aliphatic rings. The first-order valence-electron chi connectivity index (χ1n) is 8.68. The van der Waals surface area contributed by atoms with E-state index < -0.39 is 0 Å². The number of nitrogens with one attached hydrogen (secondary N) is 1. The quantitative estimate of drug-likeness (QED) is 0.616. The SMILES string of the molecule is COc1ccc(CC(NCc2ccccn2)c2ccc(OC)cc2)cc1.Cl.